The van der Waals surface area contributed by atoms with Crippen LogP contribution >= 0.6 is 0 Å². The molecule has 0 aromatic carbocycles. The zero-order valence-electron chi connectivity index (χ0n) is 36.9. The number of hydrogen-bond donors (Lipinski definition) is 4. The molecule has 0 aliphatic rings. The topological polar surface area (TPSA) is 170 Å². The maximum Gasteiger partial charge on any atom is 0 e. The molecule has 0 rings (SSSR count). The molecule has 0 bridgehead atoms. The Morgan fingerprint density at radius 1 is 0.0300 bits per heavy atom. The molecule has 3 radical (unpaired) electrons. The van der Waals surface area contributed by atoms with Crippen molar-refractivity contribution in [3.05, 3.63) is 0 Å². The molecule has 0 aliphatic carbocycles. The Bertz CT molecular complexity index is 28.6. The fraction of sp³-hybridized carbons (Fsp3) is 0. The summed E-state index contributed by atoms with van der Waals surface area (Å²) >= 11 is 0. The van der Waals surface area contributed by atoms with Crippen molar-refractivity contribution in [3.8, 4) is 0 Å². The first-order valence-electron chi connectivity index (χ1n) is 0. The van der Waals surface area contributed by atoms with Crippen LogP contribution in [0.15, 0.2) is 0 Å². The molecule has 0 unspecified atom stereocenters. The predicted molar refractivity (Wildman–Crippen MR) is 22.2 cm³/mol. The smallest absolute Gasteiger partial charge is 0 e. The average Bonchev–Trinajstić information content (AvgIpc) is 0. The molecule has 0 spiro atoms. The van der Waals surface area contributed by atoms with Gasteiger partial charge in [-0.2, -0.15) is 0 Å². The van der Waals surface area contributed by atoms with Crippen LogP contribution in [0.4, 0.5) is 0 Å². The van der Waals surface area contributed by atoms with Gasteiger partial charge in [0.15, 0.2) is 0 Å². The molecule has 0 atom stereocenters. The van der Waals surface area contributed by atoms with Gasteiger partial charge < -0.3 is 24.6 Å². The quantitative estimate of drug-likeness (QED) is 0.272. The Labute approximate surface area is 3460 Å². The molecule has 0 saturated heterocycles. The molecule has 0 heterocycles. The van der Waals surface area contributed by atoms with Crippen LogP contribution in [0, 0.1) is 3590 Å². The van der Waals surface area contributed by atoms with E-state index in [9.17, 15) is 0 Å². The van der Waals surface area contributed by atoms with E-state index in [4.69, 9.17) is 0 Å². The zero-order valence-corrected chi connectivity index (χ0v) is 104. The second-order valence-electron chi connectivity index (χ2n) is 0. The Morgan fingerprint density at radius 2 is 0.0300 bits per heavy atom. The summed E-state index contributed by atoms with van der Waals surface area (Å²) in [5.41, 5.74) is 0. The van der Waals surface area contributed by atoms with Crippen LogP contribution in [0.3, 0.4) is 0 Å². The van der Waals surface area contributed by atoms with Gasteiger partial charge in [-0.1, -0.05) is 0 Å². The Hall–Kier alpha value is 119. The van der Waals surface area contributed by atoms with Gasteiger partial charge in [0.05, 0.1) is 0 Å². The van der Waals surface area contributed by atoms with Gasteiger partial charge >= 0.3 is 0 Å². The molecule has 5 nitrogen and oxygen atoms in total. The molecule has 0 aliphatic heterocycles. The standard InChI is InChI=1S/95Ar.4H3N.N/h;;;;;;;;;;;;;;;;;;;;;;;;;;;;;;;;;;;;;;;;;;;;;;;;;;;;;;;;;;;;;;;;;;;;;;;;;;;;;;;;;;;;;;;;;;;;;;;4*1H3;. The molecular formula is H12Ar95N5. The normalized spacial score (nSPS) is 0. The minimum Gasteiger partial charge on any atom is -0.344 e. The van der Waals surface area contributed by atoms with E-state index < -0.39 is 0 Å². The fourth-order valence-electron chi connectivity index (χ4n) is 0. The third kappa shape index (κ3) is 714. The Balaban J connectivity index is 0. The molecule has 0 fully saturated rings. The van der Waals surface area contributed by atoms with Gasteiger partial charge in [0.1, 0.15) is 0 Å². The predicted octanol–water partition coefficient (Wildman–Crippen LogP) is 0.167. The van der Waals surface area contributed by atoms with Crippen LogP contribution in [0.2, 0.25) is 0 Å². The van der Waals surface area contributed by atoms with Crippen molar-refractivity contribution >= 4 is 0 Å². The summed E-state index contributed by atoms with van der Waals surface area (Å²) in [7, 11) is 0. The van der Waals surface area contributed by atoms with E-state index in [1.165, 1.54) is 0 Å². The summed E-state index contributed by atoms with van der Waals surface area (Å²) in [6.45, 7) is 0. The van der Waals surface area contributed by atoms with Gasteiger partial charge in [-0.05, 0) is 0 Å². The molecule has 0 amide bonds. The van der Waals surface area contributed by atoms with E-state index in [1.54, 1.807) is 0 Å². The number of hydrogen-bond acceptors (Lipinski definition) is 4. The minimum absolute atomic E-state index is 0. The maximum absolute atomic E-state index is 0. The van der Waals surface area contributed by atoms with Crippen LogP contribution in [0.5, 0.6) is 0 Å². The van der Waals surface area contributed by atoms with Crippen LogP contribution < -0.4 is 30.8 Å². The summed E-state index contributed by atoms with van der Waals surface area (Å²) in [6.07, 6.45) is 0. The van der Waals surface area contributed by atoms with Gasteiger partial charge in [0.25, 0.3) is 0 Å². The third-order valence-corrected chi connectivity index (χ3v) is 0. The summed E-state index contributed by atoms with van der Waals surface area (Å²) in [4.78, 5) is 0. The number of nitrogens with zero attached hydrogens (tertiary/aromatic N) is 1. The first-order valence-corrected chi connectivity index (χ1v) is 0. The van der Waals surface area contributed by atoms with Crippen LogP contribution in [-0.2, 0) is 0 Å². The van der Waals surface area contributed by atoms with Crippen molar-refractivity contribution in [2.75, 3.05) is 0 Å². The molecular weight excluding hydrogens is 3870 g/mol. The van der Waals surface area contributed by atoms with E-state index in [0.29, 0.717) is 0 Å². The molecule has 797 valence electrons. The molecule has 100 heteroatoms. The van der Waals surface area contributed by atoms with Gasteiger partial charge in [0, 0.05) is 3590 Å². The zero-order chi connectivity index (χ0) is 0. The average molecular weight is 3880 g/mol. The first-order chi connectivity index (χ1) is 0. The van der Waals surface area contributed by atoms with E-state index in [0.717, 1.165) is 0 Å². The fourth-order valence-corrected chi connectivity index (χ4v) is 0. The Morgan fingerprint density at radius 3 is 0.0300 bits per heavy atom. The second-order valence-corrected chi connectivity index (χ2v) is 0. The minimum atomic E-state index is 0. The van der Waals surface area contributed by atoms with E-state index in [1.807, 2.05) is 0 Å². The van der Waals surface area contributed by atoms with Gasteiger partial charge in [-0.25, -0.2) is 0 Å². The first kappa shape index (κ1) is 734. The van der Waals surface area contributed by atoms with Crippen molar-refractivity contribution in [2.24, 2.45) is 0 Å². The molecule has 0 aromatic heterocycles. The Kier molecular flexibility index (Phi) is 5310. The van der Waals surface area contributed by atoms with Gasteiger partial charge in [0.2, 0.25) is 0 Å². The van der Waals surface area contributed by atoms with Crippen molar-refractivity contribution in [2.45, 2.75) is 0 Å². The van der Waals surface area contributed by atoms with Crippen molar-refractivity contribution in [1.82, 2.24) is 30.8 Å². The van der Waals surface area contributed by atoms with E-state index in [-0.39, 0.29) is 3620 Å². The summed E-state index contributed by atoms with van der Waals surface area (Å²) in [5, 5.41) is 0. The van der Waals surface area contributed by atoms with E-state index >= 15 is 0 Å². The largest absolute Gasteiger partial charge is 0.344 e. The van der Waals surface area contributed by atoms with Crippen molar-refractivity contribution in [1.29, 1.82) is 0 Å². The van der Waals surface area contributed by atoms with E-state index in [2.05, 4.69) is 0 Å². The van der Waals surface area contributed by atoms with Crippen LogP contribution in [-0.4, -0.2) is 0 Å². The van der Waals surface area contributed by atoms with Gasteiger partial charge in [-0.15, -0.1) is 0 Å². The van der Waals surface area contributed by atoms with Crippen LogP contribution in [0.1, 0.15) is 0 Å². The molecule has 12 N–H and O–H groups in total. The summed E-state index contributed by atoms with van der Waals surface area (Å²) < 4.78 is 0. The third-order valence-electron chi connectivity index (χ3n) is 0. The molecule has 100 heavy (non-hydrogen) atoms. The number of rotatable bonds is 0. The molecule has 0 saturated carbocycles. The van der Waals surface area contributed by atoms with Gasteiger partial charge in [-0.3, -0.25) is 0 Å². The summed E-state index contributed by atoms with van der Waals surface area (Å²) in [6, 6.07) is 0. The molecule has 0 aromatic rings. The SMILES string of the molecule is N.N.N.N.[Ar].[Ar].[Ar].[Ar].[Ar].[Ar].[Ar].[Ar].[Ar].[Ar].[Ar].[Ar].[Ar].[Ar].[Ar].[Ar].[Ar].[Ar].[Ar].[Ar].[Ar].[Ar].[Ar].[Ar].[Ar].[Ar].[Ar].[Ar].[Ar].[Ar].[Ar].[Ar].[Ar].[Ar].[Ar].[Ar].[Ar].[Ar].[Ar].[Ar].[Ar].[Ar].[Ar].[Ar].[Ar].[Ar].[Ar].[Ar].[Ar].[Ar].[Ar].[Ar].[Ar].[Ar].[Ar].[Ar].[Ar].[Ar].[Ar].[Ar].[Ar].[Ar].[Ar].[Ar].[Ar].[Ar].[Ar].[Ar].[Ar].[Ar].[Ar].[Ar].[Ar].[Ar].[Ar].[Ar].[Ar].[Ar].[Ar].[Ar].[Ar].[Ar].[Ar].[Ar].[Ar].[Ar].[Ar].[Ar].[Ar].[Ar].[Ar].[Ar].[Ar].[Ar].[Ar].[N]. The monoisotopic (exact) mass is 3880 g/mol. The van der Waals surface area contributed by atoms with Crippen molar-refractivity contribution in [3.63, 3.8) is 0 Å². The second kappa shape index (κ2) is 724. The maximum atomic E-state index is 0. The van der Waals surface area contributed by atoms with Crippen molar-refractivity contribution < 1.29 is 3590 Å². The summed E-state index contributed by atoms with van der Waals surface area (Å²) in [5.74, 6) is 0. The van der Waals surface area contributed by atoms with Crippen LogP contribution in [0.25, 0.3) is 0 Å².